The van der Waals surface area contributed by atoms with Crippen LogP contribution in [0.25, 0.3) is 0 Å². The van der Waals surface area contributed by atoms with Crippen molar-refractivity contribution >= 4 is 11.3 Å². The molecule has 0 bridgehead atoms. The van der Waals surface area contributed by atoms with Crippen LogP contribution >= 0.6 is 11.3 Å². The van der Waals surface area contributed by atoms with Crippen LogP contribution in [0.5, 0.6) is 0 Å². The van der Waals surface area contributed by atoms with Crippen LogP contribution in [0.3, 0.4) is 0 Å². The van der Waals surface area contributed by atoms with Crippen LogP contribution in [0.4, 0.5) is 13.2 Å². The molecule has 1 fully saturated rings. The topological polar surface area (TPSA) is 30.7 Å². The van der Waals surface area contributed by atoms with Crippen molar-refractivity contribution in [2.24, 2.45) is 17.9 Å². The Hall–Kier alpha value is -1.37. The number of aromatic nitrogens is 3. The summed E-state index contributed by atoms with van der Waals surface area (Å²) >= 11 is 0.777. The van der Waals surface area contributed by atoms with Gasteiger partial charge in [0.25, 0.3) is 0 Å². The van der Waals surface area contributed by atoms with E-state index in [1.54, 1.807) is 6.07 Å². The molecular formula is C18H24F3N3S. The Bertz CT molecular complexity index is 798. The lowest BCUT2D eigenvalue weighted by Crippen LogP contribution is -2.23. The van der Waals surface area contributed by atoms with Crippen LogP contribution in [-0.2, 0) is 18.6 Å². The number of nitrogens with zero attached hydrogens (tertiary/aromatic N) is 3. The van der Waals surface area contributed by atoms with Gasteiger partial charge in [0.05, 0.1) is 5.41 Å². The lowest BCUT2D eigenvalue weighted by molar-refractivity contribution is -0.134. The molecule has 2 aromatic heterocycles. The molecular weight excluding hydrogens is 347 g/mol. The highest BCUT2D eigenvalue weighted by molar-refractivity contribution is 7.12. The molecule has 3 rings (SSSR count). The number of rotatable bonds is 3. The van der Waals surface area contributed by atoms with Crippen LogP contribution in [0, 0.1) is 10.8 Å². The van der Waals surface area contributed by atoms with Gasteiger partial charge in [0.15, 0.2) is 0 Å². The zero-order chi connectivity index (χ0) is 19.0. The van der Waals surface area contributed by atoms with Gasteiger partial charge in [0, 0.05) is 17.8 Å². The molecule has 0 unspecified atom stereocenters. The van der Waals surface area contributed by atoms with E-state index in [0.29, 0.717) is 10.7 Å². The fourth-order valence-corrected chi connectivity index (χ4v) is 4.89. The molecule has 0 spiro atoms. The third-order valence-electron chi connectivity index (χ3n) is 6.25. The largest absolute Gasteiger partial charge is 0.425 e. The number of hydrogen-bond acceptors (Lipinski definition) is 3. The molecule has 0 radical (unpaired) electrons. The van der Waals surface area contributed by atoms with E-state index >= 15 is 0 Å². The van der Waals surface area contributed by atoms with E-state index in [1.165, 1.54) is 0 Å². The fourth-order valence-electron chi connectivity index (χ4n) is 3.92. The first-order valence-electron chi connectivity index (χ1n) is 8.29. The summed E-state index contributed by atoms with van der Waals surface area (Å²) in [7, 11) is 1.91. The van der Waals surface area contributed by atoms with E-state index in [4.69, 9.17) is 0 Å². The van der Waals surface area contributed by atoms with Gasteiger partial charge < -0.3 is 4.57 Å². The van der Waals surface area contributed by atoms with Crippen molar-refractivity contribution in [1.82, 2.24) is 14.8 Å². The van der Waals surface area contributed by atoms with E-state index in [-0.39, 0.29) is 16.7 Å². The van der Waals surface area contributed by atoms with Crippen molar-refractivity contribution in [3.05, 3.63) is 33.5 Å². The van der Waals surface area contributed by atoms with Gasteiger partial charge in [-0.3, -0.25) is 0 Å². The number of alkyl halides is 3. The van der Waals surface area contributed by atoms with Gasteiger partial charge in [-0.1, -0.05) is 27.7 Å². The Morgan fingerprint density at radius 1 is 1.00 bits per heavy atom. The van der Waals surface area contributed by atoms with Crippen LogP contribution in [0.1, 0.15) is 68.9 Å². The average molecular weight is 371 g/mol. The Morgan fingerprint density at radius 2 is 1.52 bits per heavy atom. The predicted molar refractivity (Wildman–Crippen MR) is 92.8 cm³/mol. The van der Waals surface area contributed by atoms with Crippen LogP contribution in [0.2, 0.25) is 0 Å². The maximum absolute atomic E-state index is 12.9. The molecule has 0 N–H and O–H groups in total. The molecule has 2 heterocycles. The third kappa shape index (κ3) is 2.54. The van der Waals surface area contributed by atoms with Crippen molar-refractivity contribution in [2.75, 3.05) is 0 Å². The second-order valence-corrected chi connectivity index (χ2v) is 9.69. The molecule has 0 aromatic carbocycles. The second-order valence-electron chi connectivity index (χ2n) is 8.60. The first-order valence-corrected chi connectivity index (χ1v) is 9.11. The number of halogens is 3. The summed E-state index contributed by atoms with van der Waals surface area (Å²) in [5, 5.41) is 8.78. The summed E-state index contributed by atoms with van der Waals surface area (Å²) in [5.41, 5.74) is -0.388. The average Bonchev–Trinajstić information content (AvgIpc) is 2.92. The van der Waals surface area contributed by atoms with Gasteiger partial charge in [0.2, 0.25) is 0 Å². The van der Waals surface area contributed by atoms with Crippen LogP contribution in [0.15, 0.2) is 12.1 Å². The monoisotopic (exact) mass is 371 g/mol. The molecule has 1 aliphatic rings. The highest BCUT2D eigenvalue weighted by atomic mass is 32.1. The fraction of sp³-hybridized carbons (Fsp3) is 0.667. The van der Waals surface area contributed by atoms with Crippen molar-refractivity contribution < 1.29 is 13.2 Å². The Labute approximate surface area is 150 Å². The van der Waals surface area contributed by atoms with Gasteiger partial charge in [0.1, 0.15) is 16.5 Å². The molecule has 0 atom stereocenters. The van der Waals surface area contributed by atoms with Gasteiger partial charge >= 0.3 is 6.18 Å². The maximum atomic E-state index is 12.9. The molecule has 0 amide bonds. The minimum absolute atomic E-state index is 0.127. The molecule has 138 valence electrons. The molecule has 0 saturated heterocycles. The van der Waals surface area contributed by atoms with Crippen molar-refractivity contribution in [1.29, 1.82) is 0 Å². The van der Waals surface area contributed by atoms with Crippen LogP contribution in [-0.4, -0.2) is 14.8 Å². The summed E-state index contributed by atoms with van der Waals surface area (Å²) < 4.78 is 40.8. The lowest BCUT2D eigenvalue weighted by atomic mass is 9.90. The summed E-state index contributed by atoms with van der Waals surface area (Å²) in [5.74, 6) is 1.89. The lowest BCUT2D eigenvalue weighted by Gasteiger charge is -2.22. The quantitative estimate of drug-likeness (QED) is 0.726. The van der Waals surface area contributed by atoms with E-state index < -0.39 is 16.5 Å². The smallest absolute Gasteiger partial charge is 0.317 e. The number of hydrogen-bond donors (Lipinski definition) is 0. The minimum atomic E-state index is -4.31. The van der Waals surface area contributed by atoms with Gasteiger partial charge in [-0.05, 0) is 36.8 Å². The Balaban J connectivity index is 1.99. The van der Waals surface area contributed by atoms with E-state index in [1.807, 2.05) is 25.5 Å². The van der Waals surface area contributed by atoms with E-state index in [9.17, 15) is 13.2 Å². The summed E-state index contributed by atoms with van der Waals surface area (Å²) in [6.45, 7) is 12.7. The third-order valence-corrected chi connectivity index (χ3v) is 7.70. The van der Waals surface area contributed by atoms with Crippen molar-refractivity contribution in [2.45, 2.75) is 59.1 Å². The SMILES string of the molecule is Cn1c(C2C(C)(C)C2(C)C)nnc1C(C)(C)c1ccc(C(F)(F)F)s1. The first-order chi connectivity index (χ1) is 11.2. The first kappa shape index (κ1) is 18.4. The van der Waals surface area contributed by atoms with Crippen molar-refractivity contribution in [3.8, 4) is 0 Å². The second kappa shape index (κ2) is 5.09. The molecule has 25 heavy (non-hydrogen) atoms. The standard InChI is InChI=1S/C18H24F3N3S/c1-15(2,10-8-9-11(25-10)18(19,20)21)14-23-22-13(24(14)7)12-16(3,4)17(12,5)6/h8-9,12H,1-7H3. The van der Waals surface area contributed by atoms with Crippen molar-refractivity contribution in [3.63, 3.8) is 0 Å². The van der Waals surface area contributed by atoms with E-state index in [2.05, 4.69) is 37.9 Å². The highest BCUT2D eigenvalue weighted by Gasteiger charge is 2.67. The predicted octanol–water partition coefficient (Wildman–Crippen LogP) is 5.37. The normalized spacial score (nSPS) is 20.1. The molecule has 0 aliphatic heterocycles. The molecule has 1 saturated carbocycles. The van der Waals surface area contributed by atoms with Crippen LogP contribution < -0.4 is 0 Å². The van der Waals surface area contributed by atoms with Gasteiger partial charge in [-0.25, -0.2) is 0 Å². The molecule has 1 aliphatic carbocycles. The maximum Gasteiger partial charge on any atom is 0.425 e. The summed E-state index contributed by atoms with van der Waals surface area (Å²) in [6, 6.07) is 2.69. The zero-order valence-electron chi connectivity index (χ0n) is 15.6. The minimum Gasteiger partial charge on any atom is -0.317 e. The molecule has 3 nitrogen and oxygen atoms in total. The summed E-state index contributed by atoms with van der Waals surface area (Å²) in [6.07, 6.45) is -4.31. The van der Waals surface area contributed by atoms with Gasteiger partial charge in [-0.2, -0.15) is 13.2 Å². The molecule has 7 heteroatoms. The highest BCUT2D eigenvalue weighted by Crippen LogP contribution is 2.73. The van der Waals surface area contributed by atoms with E-state index in [0.717, 1.165) is 23.2 Å². The zero-order valence-corrected chi connectivity index (χ0v) is 16.4. The Kier molecular flexibility index (Phi) is 3.75. The number of thiophene rings is 1. The Morgan fingerprint density at radius 3 is 1.96 bits per heavy atom. The summed E-state index contributed by atoms with van der Waals surface area (Å²) in [4.78, 5) is 0.0543. The van der Waals surface area contributed by atoms with Gasteiger partial charge in [-0.15, -0.1) is 21.5 Å². The molecule has 2 aromatic rings.